The van der Waals surface area contributed by atoms with E-state index in [2.05, 4.69) is 15.6 Å². The number of amides is 2. The number of urea groups is 1. The maximum Gasteiger partial charge on any atom is 0.323 e. The van der Waals surface area contributed by atoms with Gasteiger partial charge < -0.3 is 35.7 Å². The summed E-state index contributed by atoms with van der Waals surface area (Å²) in [5.41, 5.74) is 7.43. The average Bonchev–Trinajstić information content (AvgIpc) is 2.90. The number of rotatable bonds is 10. The van der Waals surface area contributed by atoms with Gasteiger partial charge in [-0.1, -0.05) is 18.2 Å². The monoisotopic (exact) mass is 502 g/mol. The fraction of sp³-hybridized carbons (Fsp3) is 0.148. The Hall–Kier alpha value is -4.83. The van der Waals surface area contributed by atoms with Gasteiger partial charge in [-0.05, 0) is 48.5 Å². The third-order valence-electron chi connectivity index (χ3n) is 5.36. The van der Waals surface area contributed by atoms with Gasteiger partial charge in [0.15, 0.2) is 11.5 Å². The van der Waals surface area contributed by atoms with E-state index in [1.807, 2.05) is 18.2 Å². The summed E-state index contributed by atoms with van der Waals surface area (Å²) < 4.78 is 17.2. The van der Waals surface area contributed by atoms with E-state index >= 15 is 0 Å². The molecule has 1 heterocycles. The normalized spacial score (nSPS) is 11.4. The second kappa shape index (κ2) is 11.7. The predicted molar refractivity (Wildman–Crippen MR) is 140 cm³/mol. The largest absolute Gasteiger partial charge is 0.493 e. The Morgan fingerprint density at radius 1 is 0.946 bits per heavy atom. The molecule has 190 valence electrons. The van der Waals surface area contributed by atoms with Gasteiger partial charge in [0.1, 0.15) is 17.5 Å². The average molecular weight is 503 g/mol. The molecule has 2 amide bonds. The van der Waals surface area contributed by atoms with E-state index in [4.69, 9.17) is 25.1 Å². The summed E-state index contributed by atoms with van der Waals surface area (Å²) in [7, 11) is 1.51. The number of pyridine rings is 1. The maximum atomic E-state index is 12.2. The van der Waals surface area contributed by atoms with E-state index in [0.717, 1.165) is 0 Å². The maximum absolute atomic E-state index is 12.2. The van der Waals surface area contributed by atoms with Crippen LogP contribution in [0.5, 0.6) is 23.0 Å². The molecule has 0 saturated carbocycles. The molecule has 0 unspecified atom stereocenters. The third-order valence-corrected chi connectivity index (χ3v) is 5.36. The lowest BCUT2D eigenvalue weighted by Gasteiger charge is -2.15. The summed E-state index contributed by atoms with van der Waals surface area (Å²) in [6, 6.07) is 19.9. The van der Waals surface area contributed by atoms with Gasteiger partial charge >= 0.3 is 12.0 Å². The van der Waals surface area contributed by atoms with E-state index in [-0.39, 0.29) is 19.1 Å². The Kier molecular flexibility index (Phi) is 8.01. The van der Waals surface area contributed by atoms with Crippen molar-refractivity contribution in [3.63, 3.8) is 0 Å². The van der Waals surface area contributed by atoms with E-state index in [9.17, 15) is 9.59 Å². The number of hydrogen-bond donors (Lipinski definition) is 4. The first-order valence-electron chi connectivity index (χ1n) is 11.4. The number of anilines is 2. The minimum absolute atomic E-state index is 0.106. The van der Waals surface area contributed by atoms with Crippen molar-refractivity contribution in [3.8, 4) is 23.0 Å². The van der Waals surface area contributed by atoms with Crippen LogP contribution in [-0.2, 0) is 4.79 Å². The number of para-hydroxylation sites is 1. The summed E-state index contributed by atoms with van der Waals surface area (Å²) in [6.07, 6.45) is 1.75. The first-order valence-corrected chi connectivity index (χ1v) is 11.4. The number of carbonyl (C=O) groups is 2. The number of carboxylic acids is 1. The SMILES string of the molecule is COc1cc2c(Oc3ccc(NC(=O)Nc4ccccc4)cc3)ccnc2cc1OCC[C@H](N)C(=O)O. The quantitative estimate of drug-likeness (QED) is 0.241. The Labute approximate surface area is 213 Å². The lowest BCUT2D eigenvalue weighted by atomic mass is 10.1. The molecule has 10 nitrogen and oxygen atoms in total. The molecule has 0 aliphatic rings. The first-order chi connectivity index (χ1) is 17.9. The van der Waals surface area contributed by atoms with E-state index in [0.29, 0.717) is 45.3 Å². The van der Waals surface area contributed by atoms with Gasteiger partial charge in [0.25, 0.3) is 0 Å². The van der Waals surface area contributed by atoms with Crippen molar-refractivity contribution in [3.05, 3.63) is 79.0 Å². The Morgan fingerprint density at radius 3 is 2.32 bits per heavy atom. The van der Waals surface area contributed by atoms with Gasteiger partial charge in [0, 0.05) is 35.4 Å². The number of nitrogens with zero attached hydrogens (tertiary/aromatic N) is 1. The summed E-state index contributed by atoms with van der Waals surface area (Å²) in [6.45, 7) is 0.106. The second-order valence-corrected chi connectivity index (χ2v) is 7.98. The number of benzene rings is 3. The molecule has 10 heteroatoms. The van der Waals surface area contributed by atoms with Crippen molar-refractivity contribution in [1.82, 2.24) is 4.98 Å². The summed E-state index contributed by atoms with van der Waals surface area (Å²) in [4.78, 5) is 27.5. The van der Waals surface area contributed by atoms with Crippen LogP contribution in [0.25, 0.3) is 10.9 Å². The van der Waals surface area contributed by atoms with Gasteiger partial charge in [-0.2, -0.15) is 0 Å². The zero-order chi connectivity index (χ0) is 26.2. The lowest BCUT2D eigenvalue weighted by molar-refractivity contribution is -0.138. The van der Waals surface area contributed by atoms with Crippen LogP contribution in [0.15, 0.2) is 79.0 Å². The smallest absolute Gasteiger partial charge is 0.323 e. The molecule has 0 radical (unpaired) electrons. The molecular weight excluding hydrogens is 476 g/mol. The number of aromatic nitrogens is 1. The van der Waals surface area contributed by atoms with E-state index < -0.39 is 12.0 Å². The van der Waals surface area contributed by atoms with Crippen molar-refractivity contribution in [2.75, 3.05) is 24.4 Å². The van der Waals surface area contributed by atoms with Crippen LogP contribution >= 0.6 is 0 Å². The van der Waals surface area contributed by atoms with Crippen LogP contribution in [-0.4, -0.2) is 41.8 Å². The predicted octanol–water partition coefficient (Wildman–Crippen LogP) is 4.86. The van der Waals surface area contributed by atoms with Gasteiger partial charge in [-0.25, -0.2) is 4.79 Å². The molecule has 0 bridgehead atoms. The molecule has 3 aromatic carbocycles. The zero-order valence-corrected chi connectivity index (χ0v) is 20.0. The fourth-order valence-electron chi connectivity index (χ4n) is 3.46. The number of ether oxygens (including phenoxy) is 3. The molecule has 4 aromatic rings. The summed E-state index contributed by atoms with van der Waals surface area (Å²) in [5.74, 6) is 0.880. The van der Waals surface area contributed by atoms with Crippen molar-refractivity contribution >= 4 is 34.3 Å². The van der Waals surface area contributed by atoms with Crippen molar-refractivity contribution in [2.24, 2.45) is 5.73 Å². The molecule has 0 fully saturated rings. The highest BCUT2D eigenvalue weighted by Crippen LogP contribution is 2.37. The molecule has 0 aliphatic heterocycles. The number of carbonyl (C=O) groups excluding carboxylic acids is 1. The summed E-state index contributed by atoms with van der Waals surface area (Å²) >= 11 is 0. The topological polar surface area (TPSA) is 145 Å². The van der Waals surface area contributed by atoms with Crippen molar-refractivity contribution in [2.45, 2.75) is 12.5 Å². The van der Waals surface area contributed by atoms with Gasteiger partial charge in [-0.3, -0.25) is 9.78 Å². The number of nitrogens with two attached hydrogens (primary N) is 1. The van der Waals surface area contributed by atoms with Gasteiger partial charge in [0.05, 0.1) is 19.2 Å². The van der Waals surface area contributed by atoms with Crippen LogP contribution in [0, 0.1) is 0 Å². The van der Waals surface area contributed by atoms with Crippen molar-refractivity contribution in [1.29, 1.82) is 0 Å². The highest BCUT2D eigenvalue weighted by atomic mass is 16.5. The van der Waals surface area contributed by atoms with Crippen LogP contribution in [0.2, 0.25) is 0 Å². The third kappa shape index (κ3) is 6.65. The van der Waals surface area contributed by atoms with Gasteiger partial charge in [0.2, 0.25) is 0 Å². The number of nitrogens with one attached hydrogen (secondary N) is 2. The highest BCUT2D eigenvalue weighted by Gasteiger charge is 2.15. The standard InChI is InChI=1S/C27H26N4O6/c1-35-24-15-20-22(16-25(24)36-14-12-21(28)26(32)33)29-13-11-23(20)37-19-9-7-18(8-10-19)31-27(34)30-17-5-3-2-4-6-17/h2-11,13,15-16,21H,12,14,28H2,1H3,(H,32,33)(H2,30,31,34)/t21-/m0/s1. The number of methoxy groups -OCH3 is 1. The summed E-state index contributed by atoms with van der Waals surface area (Å²) in [5, 5.41) is 15.2. The minimum atomic E-state index is -1.09. The molecule has 1 aromatic heterocycles. The van der Waals surface area contributed by atoms with Crippen LogP contribution in [0.3, 0.4) is 0 Å². The fourth-order valence-corrected chi connectivity index (χ4v) is 3.46. The van der Waals surface area contributed by atoms with Crippen LogP contribution < -0.4 is 30.6 Å². The second-order valence-electron chi connectivity index (χ2n) is 7.98. The zero-order valence-electron chi connectivity index (χ0n) is 20.0. The molecule has 5 N–H and O–H groups in total. The molecule has 37 heavy (non-hydrogen) atoms. The molecule has 0 spiro atoms. The first kappa shape index (κ1) is 25.3. The van der Waals surface area contributed by atoms with Crippen LogP contribution in [0.1, 0.15) is 6.42 Å². The number of carboxylic acid groups (broad SMARTS) is 1. The van der Waals surface area contributed by atoms with Crippen molar-refractivity contribution < 1.29 is 28.9 Å². The highest BCUT2D eigenvalue weighted by molar-refractivity contribution is 5.99. The van der Waals surface area contributed by atoms with Gasteiger partial charge in [-0.15, -0.1) is 0 Å². The van der Waals surface area contributed by atoms with E-state index in [1.165, 1.54) is 7.11 Å². The Balaban J connectivity index is 1.45. The molecule has 0 aliphatic carbocycles. The molecule has 0 saturated heterocycles. The lowest BCUT2D eigenvalue weighted by Crippen LogP contribution is -2.31. The molecule has 4 rings (SSSR count). The Morgan fingerprint density at radius 2 is 1.65 bits per heavy atom. The molecule has 1 atom stereocenters. The number of hydrogen-bond acceptors (Lipinski definition) is 7. The number of fused-ring (bicyclic) bond motifs is 1. The Bertz CT molecular complexity index is 1380. The molecular formula is C27H26N4O6. The minimum Gasteiger partial charge on any atom is -0.493 e. The number of aliphatic carboxylic acids is 1. The van der Waals surface area contributed by atoms with Crippen LogP contribution in [0.4, 0.5) is 16.2 Å². The van der Waals surface area contributed by atoms with E-state index in [1.54, 1.807) is 60.8 Å².